The molecule has 0 bridgehead atoms. The number of hydrogen-bond donors (Lipinski definition) is 1. The van der Waals surface area contributed by atoms with Gasteiger partial charge in [-0.1, -0.05) is 102 Å². The molecule has 0 amide bonds. The second-order valence-corrected chi connectivity index (χ2v) is 16.3. The van der Waals surface area contributed by atoms with Crippen molar-refractivity contribution in [2.45, 2.75) is 84.2 Å². The van der Waals surface area contributed by atoms with Gasteiger partial charge in [-0.05, 0) is 41.1 Å². The van der Waals surface area contributed by atoms with Crippen LogP contribution >= 0.6 is 0 Å². The van der Waals surface area contributed by atoms with Crippen molar-refractivity contribution in [3.8, 4) is 0 Å². The van der Waals surface area contributed by atoms with Crippen LogP contribution in [-0.2, 0) is 14.8 Å². The van der Waals surface area contributed by atoms with Crippen molar-refractivity contribution >= 4 is 8.32 Å². The van der Waals surface area contributed by atoms with Crippen LogP contribution < -0.4 is 0 Å². The number of benzene rings is 2. The highest BCUT2D eigenvalue weighted by molar-refractivity contribution is 6.74. The molecule has 1 atom stereocenters. The van der Waals surface area contributed by atoms with Crippen molar-refractivity contribution in [1.82, 2.24) is 0 Å². The molecule has 32 heavy (non-hydrogen) atoms. The first-order chi connectivity index (χ1) is 14.8. The Kier molecular flexibility index (Phi) is 8.91. The van der Waals surface area contributed by atoms with E-state index in [0.29, 0.717) is 13.0 Å². The fourth-order valence-electron chi connectivity index (χ4n) is 3.98. The lowest BCUT2D eigenvalue weighted by Gasteiger charge is -2.48. The van der Waals surface area contributed by atoms with Gasteiger partial charge >= 0.3 is 0 Å². The lowest BCUT2D eigenvalue weighted by molar-refractivity contribution is -0.0410. The number of hydrogen-bond acceptors (Lipinski definition) is 3. The van der Waals surface area contributed by atoms with Crippen LogP contribution in [0.4, 0.5) is 0 Å². The summed E-state index contributed by atoms with van der Waals surface area (Å²) in [6, 6.07) is 21.2. The maximum atomic E-state index is 9.49. The van der Waals surface area contributed by atoms with Crippen molar-refractivity contribution in [1.29, 1.82) is 0 Å². The van der Waals surface area contributed by atoms with Gasteiger partial charge in [0.05, 0.1) is 19.3 Å². The van der Waals surface area contributed by atoms with Crippen LogP contribution in [0.25, 0.3) is 0 Å². The summed E-state index contributed by atoms with van der Waals surface area (Å²) in [7, 11) is -2.17. The van der Waals surface area contributed by atoms with Crippen molar-refractivity contribution in [3.63, 3.8) is 0 Å². The van der Waals surface area contributed by atoms with E-state index < -0.39 is 13.9 Å². The highest BCUT2D eigenvalue weighted by Gasteiger charge is 2.48. The minimum absolute atomic E-state index is 0.0212. The van der Waals surface area contributed by atoms with Gasteiger partial charge in [0.25, 0.3) is 0 Å². The van der Waals surface area contributed by atoms with Crippen molar-refractivity contribution in [2.75, 3.05) is 13.2 Å². The quantitative estimate of drug-likeness (QED) is 0.386. The molecular formula is C28H44O3Si. The standard InChI is InChI=1S/C28H44O3Si/c1-26(2,3)21-25(30-20-19-29)22-28(23-15-11-9-12-16-23,24-17-13-10-14-18-24)31-32(7,8)27(4,5)6/h9-18,25,29H,19-22H2,1-8H3. The van der Waals surface area contributed by atoms with Gasteiger partial charge in [0.15, 0.2) is 8.32 Å². The summed E-state index contributed by atoms with van der Waals surface area (Å²) in [4.78, 5) is 0. The molecule has 0 radical (unpaired) electrons. The van der Waals surface area contributed by atoms with E-state index in [1.807, 2.05) is 0 Å². The average molecular weight is 457 g/mol. The molecule has 0 heterocycles. The Labute approximate surface area is 197 Å². The van der Waals surface area contributed by atoms with Gasteiger partial charge in [0, 0.05) is 6.42 Å². The maximum absolute atomic E-state index is 9.49. The topological polar surface area (TPSA) is 38.7 Å². The minimum atomic E-state index is -2.17. The molecule has 0 saturated heterocycles. The third-order valence-corrected chi connectivity index (χ3v) is 11.0. The molecule has 0 fully saturated rings. The summed E-state index contributed by atoms with van der Waals surface area (Å²) in [6.07, 6.45) is 1.53. The van der Waals surface area contributed by atoms with E-state index in [2.05, 4.69) is 115 Å². The van der Waals surface area contributed by atoms with Gasteiger partial charge in [-0.25, -0.2) is 0 Å². The van der Waals surface area contributed by atoms with Gasteiger partial charge in [0.1, 0.15) is 5.60 Å². The first kappa shape index (κ1) is 26.8. The second-order valence-electron chi connectivity index (χ2n) is 11.6. The lowest BCUT2D eigenvalue weighted by atomic mass is 9.78. The van der Waals surface area contributed by atoms with Crippen molar-refractivity contribution in [2.24, 2.45) is 5.41 Å². The van der Waals surface area contributed by atoms with Gasteiger partial charge in [-0.15, -0.1) is 0 Å². The lowest BCUT2D eigenvalue weighted by Crippen LogP contribution is -2.50. The minimum Gasteiger partial charge on any atom is -0.403 e. The van der Waals surface area contributed by atoms with Gasteiger partial charge in [-0.2, -0.15) is 0 Å². The molecule has 1 N–H and O–H groups in total. The Hall–Kier alpha value is -1.46. The molecule has 2 aromatic rings. The molecule has 0 aliphatic rings. The van der Waals surface area contributed by atoms with Gasteiger partial charge in [-0.3, -0.25) is 0 Å². The summed E-state index contributed by atoms with van der Waals surface area (Å²) in [5.74, 6) is 0. The first-order valence-corrected chi connectivity index (χ1v) is 14.8. The third-order valence-electron chi connectivity index (χ3n) is 6.52. The molecule has 4 heteroatoms. The monoisotopic (exact) mass is 456 g/mol. The van der Waals surface area contributed by atoms with Crippen LogP contribution in [-0.4, -0.2) is 32.7 Å². The van der Waals surface area contributed by atoms with Crippen molar-refractivity contribution < 1.29 is 14.3 Å². The molecule has 1 unspecified atom stereocenters. The van der Waals surface area contributed by atoms with Crippen LogP contribution in [0.2, 0.25) is 18.1 Å². The molecule has 0 spiro atoms. The van der Waals surface area contributed by atoms with E-state index in [9.17, 15) is 5.11 Å². The van der Waals surface area contributed by atoms with E-state index in [1.165, 1.54) is 0 Å². The Bertz CT molecular complexity index is 765. The summed E-state index contributed by atoms with van der Waals surface area (Å²) in [6.45, 7) is 18.6. The number of rotatable bonds is 10. The SMILES string of the molecule is CC(C)(C)CC(CC(O[Si](C)(C)C(C)(C)C)(c1ccccc1)c1ccccc1)OCCO. The fourth-order valence-corrected chi connectivity index (χ4v) is 5.47. The predicted octanol–water partition coefficient (Wildman–Crippen LogP) is 7.16. The van der Waals surface area contributed by atoms with Crippen LogP contribution in [0.5, 0.6) is 0 Å². The molecule has 2 aromatic carbocycles. The average Bonchev–Trinajstić information content (AvgIpc) is 2.70. The Balaban J connectivity index is 2.69. The van der Waals surface area contributed by atoms with E-state index in [0.717, 1.165) is 17.5 Å². The normalized spacial score (nSPS) is 14.4. The van der Waals surface area contributed by atoms with Crippen LogP contribution in [0.15, 0.2) is 60.7 Å². The molecule has 0 aliphatic heterocycles. The summed E-state index contributed by atoms with van der Waals surface area (Å²) < 4.78 is 13.6. The second kappa shape index (κ2) is 10.6. The molecule has 0 aliphatic carbocycles. The third kappa shape index (κ3) is 7.02. The van der Waals surface area contributed by atoms with Crippen molar-refractivity contribution in [3.05, 3.63) is 71.8 Å². The predicted molar refractivity (Wildman–Crippen MR) is 137 cm³/mol. The molecular weight excluding hydrogens is 412 g/mol. The number of aliphatic hydroxyl groups is 1. The summed E-state index contributed by atoms with van der Waals surface area (Å²) >= 11 is 0. The Morgan fingerprint density at radius 2 is 1.25 bits per heavy atom. The highest BCUT2D eigenvalue weighted by atomic mass is 28.4. The summed E-state index contributed by atoms with van der Waals surface area (Å²) in [5.41, 5.74) is 1.78. The van der Waals surface area contributed by atoms with Crippen LogP contribution in [0.1, 0.15) is 65.5 Å². The first-order valence-electron chi connectivity index (χ1n) is 11.8. The number of aliphatic hydroxyl groups excluding tert-OH is 1. The molecule has 0 saturated carbocycles. The van der Waals surface area contributed by atoms with E-state index in [1.54, 1.807) is 0 Å². The highest BCUT2D eigenvalue weighted by Crippen LogP contribution is 2.47. The molecule has 178 valence electrons. The molecule has 3 nitrogen and oxygen atoms in total. The zero-order chi connectivity index (χ0) is 24.0. The number of ether oxygens (including phenoxy) is 1. The zero-order valence-electron chi connectivity index (χ0n) is 21.4. The summed E-state index contributed by atoms with van der Waals surface area (Å²) in [5, 5.41) is 9.55. The van der Waals surface area contributed by atoms with Gasteiger partial charge < -0.3 is 14.3 Å². The van der Waals surface area contributed by atoms with Crippen LogP contribution in [0.3, 0.4) is 0 Å². The molecule has 0 aromatic heterocycles. The van der Waals surface area contributed by atoms with E-state index in [-0.39, 0.29) is 23.2 Å². The maximum Gasteiger partial charge on any atom is 0.193 e. The largest absolute Gasteiger partial charge is 0.403 e. The zero-order valence-corrected chi connectivity index (χ0v) is 22.4. The van der Waals surface area contributed by atoms with Gasteiger partial charge in [0.2, 0.25) is 0 Å². The fraction of sp³-hybridized carbons (Fsp3) is 0.571. The van der Waals surface area contributed by atoms with Crippen LogP contribution in [0, 0.1) is 5.41 Å². The van der Waals surface area contributed by atoms with E-state index in [4.69, 9.17) is 9.16 Å². The Morgan fingerprint density at radius 1 is 0.781 bits per heavy atom. The smallest absolute Gasteiger partial charge is 0.193 e. The van der Waals surface area contributed by atoms with E-state index >= 15 is 0 Å². The Morgan fingerprint density at radius 3 is 1.62 bits per heavy atom. The molecule has 2 rings (SSSR count).